The van der Waals surface area contributed by atoms with Gasteiger partial charge in [-0.25, -0.2) is 4.21 Å². The quantitative estimate of drug-likeness (QED) is 0.349. The third-order valence-corrected chi connectivity index (χ3v) is 0. The first-order valence-electron chi connectivity index (χ1n) is 0.516. The molecule has 0 amide bonds. The second-order valence-corrected chi connectivity index (χ2v) is 0.651. The molecular weight excluding hydrogens is 161 g/mol. The molecule has 0 aromatic rings. The maximum atomic E-state index is 8.56. The van der Waals surface area contributed by atoms with Gasteiger partial charge >= 0.3 is 0 Å². The third kappa shape index (κ3) is 145. The Labute approximate surface area is 50.1 Å². The first kappa shape index (κ1) is 15.9. The van der Waals surface area contributed by atoms with E-state index in [1.54, 1.807) is 0 Å². The Hall–Kier alpha value is 0.653. The van der Waals surface area contributed by atoms with Crippen molar-refractivity contribution in [3.63, 3.8) is 0 Å². The van der Waals surface area contributed by atoms with Crippen LogP contribution >= 0.6 is 0 Å². The van der Waals surface area contributed by atoms with Crippen LogP contribution in [0.4, 0.5) is 0 Å². The summed E-state index contributed by atoms with van der Waals surface area (Å²) in [5, 5.41) is 0. The van der Waals surface area contributed by atoms with Crippen LogP contribution in [-0.4, -0.2) is 18.8 Å². The average molecular weight is 164 g/mol. The van der Waals surface area contributed by atoms with Crippen molar-refractivity contribution in [2.45, 2.75) is 0 Å². The van der Waals surface area contributed by atoms with Crippen LogP contribution in [0.25, 0.3) is 0 Å². The molecule has 6 heteroatoms. The second kappa shape index (κ2) is 9.17. The maximum absolute atomic E-state index is 8.56. The second-order valence-electron chi connectivity index (χ2n) is 0.217. The predicted molar refractivity (Wildman–Crippen MR) is 15.2 cm³/mol. The van der Waals surface area contributed by atoms with E-state index in [4.69, 9.17) is 13.3 Å². The van der Waals surface area contributed by atoms with Crippen molar-refractivity contribution >= 4 is 11.4 Å². The molecule has 0 radical (unpaired) electrons. The minimum Gasteiger partial charge on any atom is -0.750 e. The van der Waals surface area contributed by atoms with Gasteiger partial charge in [-0.15, -0.1) is 0 Å². The Morgan fingerprint density at radius 1 is 1.67 bits per heavy atom. The molecule has 0 spiro atoms. The van der Waals surface area contributed by atoms with Crippen LogP contribution in [0.15, 0.2) is 0 Å². The van der Waals surface area contributed by atoms with E-state index < -0.39 is 11.4 Å². The van der Waals surface area contributed by atoms with E-state index in [2.05, 4.69) is 0 Å². The van der Waals surface area contributed by atoms with Crippen LogP contribution in [0.1, 0.15) is 0 Å². The molecule has 6 heavy (non-hydrogen) atoms. The van der Waals surface area contributed by atoms with Gasteiger partial charge in [-0.05, 0) is 0 Å². The van der Waals surface area contributed by atoms with Crippen LogP contribution in [0.3, 0.4) is 0 Å². The standard InChI is InChI=1S/H2O3S.H2O.Zn/c1-4(2)3;;/h(H2,1,2,3);1H2;/p-1. The average Bonchev–Trinajstić information content (AvgIpc) is 0.811. The smallest absolute Gasteiger partial charge is 0.0814 e. The molecule has 0 bridgehead atoms. The van der Waals surface area contributed by atoms with Gasteiger partial charge in [0.05, 0.1) is 11.4 Å². The molecule has 36 valence electrons. The van der Waals surface area contributed by atoms with Gasteiger partial charge in [-0.2, -0.15) is 0 Å². The Kier molecular flexibility index (Phi) is 24.4. The van der Waals surface area contributed by atoms with E-state index in [1.807, 2.05) is 0 Å². The van der Waals surface area contributed by atoms with Crippen molar-refractivity contribution in [3.05, 3.63) is 0 Å². The molecule has 0 heterocycles. The molecule has 0 rings (SSSR count). The van der Waals surface area contributed by atoms with Crippen LogP contribution in [0, 0.1) is 0 Å². The number of hydrogen-bond acceptors (Lipinski definition) is 2. The van der Waals surface area contributed by atoms with Gasteiger partial charge < -0.3 is 14.6 Å². The summed E-state index contributed by atoms with van der Waals surface area (Å²) >= 11 is -2.86. The Balaban J connectivity index is -0.0000000450. The summed E-state index contributed by atoms with van der Waals surface area (Å²) in [6.07, 6.45) is 0. The topological polar surface area (TPSA) is 91.9 Å². The summed E-state index contributed by atoms with van der Waals surface area (Å²) in [6, 6.07) is 0. The zero-order chi connectivity index (χ0) is 3.58. The van der Waals surface area contributed by atoms with Crippen molar-refractivity contribution in [3.8, 4) is 0 Å². The van der Waals surface area contributed by atoms with E-state index in [0.29, 0.717) is 0 Å². The van der Waals surface area contributed by atoms with Gasteiger partial charge in [-0.3, -0.25) is 0 Å². The maximum Gasteiger partial charge on any atom is 0.0814 e. The van der Waals surface area contributed by atoms with E-state index in [9.17, 15) is 0 Å². The van der Waals surface area contributed by atoms with E-state index in [0.717, 1.165) is 0 Å². The molecule has 0 aromatic carbocycles. The van der Waals surface area contributed by atoms with Crippen LogP contribution < -0.4 is 0 Å². The first-order valence-corrected chi connectivity index (χ1v) is 1.55. The van der Waals surface area contributed by atoms with Gasteiger partial charge in [0, 0.05) is 19.5 Å². The van der Waals surface area contributed by atoms with Crippen molar-refractivity contribution in [1.82, 2.24) is 0 Å². The van der Waals surface area contributed by atoms with Crippen molar-refractivity contribution in [1.29, 1.82) is 0 Å². The van der Waals surface area contributed by atoms with E-state index in [-0.39, 0.29) is 25.0 Å². The molecule has 1 unspecified atom stereocenters. The minimum absolute atomic E-state index is 0. The molecule has 0 saturated heterocycles. The number of hydrogen-bond donors (Lipinski definition) is 1. The molecule has 1 atom stereocenters. The fourth-order valence-electron chi connectivity index (χ4n) is 0. The molecule has 4 nitrogen and oxygen atoms in total. The van der Waals surface area contributed by atoms with Gasteiger partial charge in [0.2, 0.25) is 0 Å². The molecule has 0 aliphatic carbocycles. The van der Waals surface area contributed by atoms with Crippen molar-refractivity contribution in [2.75, 3.05) is 0 Å². The molecule has 0 fully saturated rings. The van der Waals surface area contributed by atoms with E-state index >= 15 is 0 Å². The van der Waals surface area contributed by atoms with Gasteiger partial charge in [0.1, 0.15) is 0 Å². The zero-order valence-corrected chi connectivity index (χ0v) is 6.66. The summed E-state index contributed by atoms with van der Waals surface area (Å²) in [5.74, 6) is 0. The predicted octanol–water partition coefficient (Wildman–Crippen LogP) is -1.49. The van der Waals surface area contributed by atoms with Gasteiger partial charge in [0.25, 0.3) is 0 Å². The monoisotopic (exact) mass is 163 g/mol. The molecule has 0 aliphatic rings. The summed E-state index contributed by atoms with van der Waals surface area (Å²) in [5.41, 5.74) is 0. The summed E-state index contributed by atoms with van der Waals surface area (Å²) in [6.45, 7) is 0. The Bertz CT molecular complexity index is 30.5. The van der Waals surface area contributed by atoms with Crippen molar-refractivity contribution < 1.29 is 38.3 Å². The Morgan fingerprint density at radius 2 is 1.67 bits per heavy atom. The summed E-state index contributed by atoms with van der Waals surface area (Å²) < 4.78 is 24.1. The Morgan fingerprint density at radius 3 is 1.67 bits per heavy atom. The fraction of sp³-hybridized carbons (Fsp3) is 0. The fourth-order valence-corrected chi connectivity index (χ4v) is 0. The first-order chi connectivity index (χ1) is 1.73. The largest absolute Gasteiger partial charge is 0.750 e. The van der Waals surface area contributed by atoms with E-state index in [1.165, 1.54) is 0 Å². The molecule has 0 aliphatic heterocycles. The molecule has 3 N–H and O–H groups in total. The van der Waals surface area contributed by atoms with Gasteiger partial charge in [-0.1, -0.05) is 0 Å². The summed E-state index contributed by atoms with van der Waals surface area (Å²) in [4.78, 5) is 0. The normalized spacial score (nSPS) is 10.3. The van der Waals surface area contributed by atoms with Crippen LogP contribution in [0.2, 0.25) is 0 Å². The summed E-state index contributed by atoms with van der Waals surface area (Å²) in [7, 11) is 0. The molecule has 0 saturated carbocycles. The zero-order valence-electron chi connectivity index (χ0n) is 2.88. The van der Waals surface area contributed by atoms with Crippen LogP contribution in [-0.2, 0) is 30.8 Å². The SMILES string of the molecule is O.O=S([O-])O.[Zn]. The third-order valence-electron chi connectivity index (χ3n) is 0. The van der Waals surface area contributed by atoms with Crippen LogP contribution in [0.5, 0.6) is 0 Å². The minimum atomic E-state index is -2.86. The molecule has 0 aromatic heterocycles. The molecular formula is H3O4SZn-. The number of rotatable bonds is 0. The van der Waals surface area contributed by atoms with Gasteiger partial charge in [0.15, 0.2) is 0 Å². The van der Waals surface area contributed by atoms with Crippen molar-refractivity contribution in [2.24, 2.45) is 0 Å².